The molecule has 3 N–H and O–H groups in total. The van der Waals surface area contributed by atoms with Crippen molar-refractivity contribution >= 4 is 22.5 Å². The van der Waals surface area contributed by atoms with E-state index in [9.17, 15) is 4.79 Å². The van der Waals surface area contributed by atoms with Crippen LogP contribution in [-0.4, -0.2) is 29.2 Å². The number of H-pyrrole nitrogens is 1. The fourth-order valence-corrected chi connectivity index (χ4v) is 2.60. The Morgan fingerprint density at radius 2 is 2.37 bits per heavy atom. The zero-order valence-electron chi connectivity index (χ0n) is 11.0. The maximum absolute atomic E-state index is 12.5. The number of rotatable bonds is 2. The topological polar surface area (TPSA) is 69.8 Å². The van der Waals surface area contributed by atoms with Crippen LogP contribution in [0.3, 0.4) is 0 Å². The molecule has 19 heavy (non-hydrogen) atoms. The van der Waals surface area contributed by atoms with Crippen LogP contribution in [0, 0.1) is 5.41 Å². The molecule has 2 heterocycles. The Morgan fingerprint density at radius 3 is 3.16 bits per heavy atom. The van der Waals surface area contributed by atoms with Crippen molar-refractivity contribution in [3.05, 3.63) is 24.4 Å². The molecule has 1 saturated heterocycles. The quantitative estimate of drug-likeness (QED) is 0.770. The maximum Gasteiger partial charge on any atom is 0.231 e. The minimum Gasteiger partial charge on any atom is -0.325 e. The third-order valence-electron chi connectivity index (χ3n) is 3.88. The minimum absolute atomic E-state index is 0.0772. The normalized spacial score (nSPS) is 23.4. The van der Waals surface area contributed by atoms with Crippen LogP contribution in [0.2, 0.25) is 0 Å². The Balaban J connectivity index is 1.84. The van der Waals surface area contributed by atoms with Crippen LogP contribution in [0.4, 0.5) is 5.69 Å². The Kier molecular flexibility index (Phi) is 2.98. The highest BCUT2D eigenvalue weighted by Crippen LogP contribution is 2.29. The van der Waals surface area contributed by atoms with Crippen molar-refractivity contribution in [3.63, 3.8) is 0 Å². The lowest BCUT2D eigenvalue weighted by Crippen LogP contribution is -2.46. The van der Waals surface area contributed by atoms with Gasteiger partial charge in [0.25, 0.3) is 0 Å². The molecule has 1 aliphatic heterocycles. The van der Waals surface area contributed by atoms with Crippen molar-refractivity contribution in [3.8, 4) is 0 Å². The lowest BCUT2D eigenvalue weighted by molar-refractivity contribution is -0.125. The van der Waals surface area contributed by atoms with E-state index in [1.54, 1.807) is 6.20 Å². The number of piperidine rings is 1. The average molecular weight is 258 g/mol. The number of hydrogen-bond acceptors (Lipinski definition) is 3. The number of nitrogens with one attached hydrogen (secondary N) is 3. The van der Waals surface area contributed by atoms with Crippen molar-refractivity contribution in [1.29, 1.82) is 0 Å². The first kappa shape index (κ1) is 12.2. The minimum atomic E-state index is -0.329. The lowest BCUT2D eigenvalue weighted by Gasteiger charge is -2.32. The van der Waals surface area contributed by atoms with Crippen LogP contribution < -0.4 is 10.6 Å². The molecule has 5 heteroatoms. The lowest BCUT2D eigenvalue weighted by atomic mass is 9.82. The molecule has 0 spiro atoms. The Hall–Kier alpha value is -1.88. The molecule has 1 unspecified atom stereocenters. The van der Waals surface area contributed by atoms with Gasteiger partial charge in [-0.1, -0.05) is 6.07 Å². The van der Waals surface area contributed by atoms with E-state index in [0.29, 0.717) is 0 Å². The zero-order chi connectivity index (χ0) is 13.3. The van der Waals surface area contributed by atoms with Gasteiger partial charge in [0, 0.05) is 11.9 Å². The standard InChI is InChI=1S/C14H18N4O/c1-14(6-3-7-15-9-14)13(19)17-11-4-2-5-12-10(11)8-16-18-12/h2,4-5,8,15H,3,6-7,9H2,1H3,(H,16,18)(H,17,19). The third-order valence-corrected chi connectivity index (χ3v) is 3.88. The second-order valence-electron chi connectivity index (χ2n) is 5.43. The molecule has 1 fully saturated rings. The van der Waals surface area contributed by atoms with Crippen LogP contribution >= 0.6 is 0 Å². The highest BCUT2D eigenvalue weighted by Gasteiger charge is 2.34. The van der Waals surface area contributed by atoms with Gasteiger partial charge in [-0.15, -0.1) is 0 Å². The number of aromatic amines is 1. The van der Waals surface area contributed by atoms with Gasteiger partial charge in [0.2, 0.25) is 5.91 Å². The van der Waals surface area contributed by atoms with E-state index in [1.165, 1.54) is 0 Å². The van der Waals surface area contributed by atoms with E-state index in [2.05, 4.69) is 20.8 Å². The number of amides is 1. The fourth-order valence-electron chi connectivity index (χ4n) is 2.60. The first-order valence-corrected chi connectivity index (χ1v) is 6.63. The molecule has 1 aromatic heterocycles. The number of carbonyl (C=O) groups excluding carboxylic acids is 1. The summed E-state index contributed by atoms with van der Waals surface area (Å²) in [6.45, 7) is 3.75. The molecule has 0 radical (unpaired) electrons. The van der Waals surface area contributed by atoms with Crippen LogP contribution in [0.1, 0.15) is 19.8 Å². The van der Waals surface area contributed by atoms with Gasteiger partial charge in [0.1, 0.15) is 0 Å². The fraction of sp³-hybridized carbons (Fsp3) is 0.429. The number of nitrogens with zero attached hydrogens (tertiary/aromatic N) is 1. The molecule has 3 rings (SSSR count). The van der Waals surface area contributed by atoms with Crippen LogP contribution in [0.15, 0.2) is 24.4 Å². The van der Waals surface area contributed by atoms with Crippen molar-refractivity contribution < 1.29 is 4.79 Å². The summed E-state index contributed by atoms with van der Waals surface area (Å²) in [5, 5.41) is 14.2. The summed E-state index contributed by atoms with van der Waals surface area (Å²) in [4.78, 5) is 12.5. The van der Waals surface area contributed by atoms with E-state index < -0.39 is 0 Å². The van der Waals surface area contributed by atoms with Crippen molar-refractivity contribution in [1.82, 2.24) is 15.5 Å². The van der Waals surface area contributed by atoms with Crippen molar-refractivity contribution in [2.45, 2.75) is 19.8 Å². The molecule has 0 aliphatic carbocycles. The molecule has 0 saturated carbocycles. The summed E-state index contributed by atoms with van der Waals surface area (Å²) in [5.41, 5.74) is 1.43. The smallest absolute Gasteiger partial charge is 0.231 e. The summed E-state index contributed by atoms with van der Waals surface area (Å²) < 4.78 is 0. The summed E-state index contributed by atoms with van der Waals surface area (Å²) in [6.07, 6.45) is 3.71. The highest BCUT2D eigenvalue weighted by atomic mass is 16.2. The molecular weight excluding hydrogens is 240 g/mol. The summed E-state index contributed by atoms with van der Waals surface area (Å²) >= 11 is 0. The van der Waals surface area contributed by atoms with E-state index in [1.807, 2.05) is 25.1 Å². The molecule has 2 aromatic rings. The van der Waals surface area contributed by atoms with Gasteiger partial charge in [-0.2, -0.15) is 5.10 Å². The van der Waals surface area contributed by atoms with E-state index in [4.69, 9.17) is 0 Å². The van der Waals surface area contributed by atoms with Gasteiger partial charge >= 0.3 is 0 Å². The Morgan fingerprint density at radius 1 is 1.47 bits per heavy atom. The Labute approximate surface area is 111 Å². The molecule has 1 aromatic carbocycles. The highest BCUT2D eigenvalue weighted by molar-refractivity contribution is 6.02. The third kappa shape index (κ3) is 2.21. The second-order valence-corrected chi connectivity index (χ2v) is 5.43. The number of fused-ring (bicyclic) bond motifs is 1. The van der Waals surface area contributed by atoms with Crippen molar-refractivity contribution in [2.75, 3.05) is 18.4 Å². The zero-order valence-corrected chi connectivity index (χ0v) is 11.0. The SMILES string of the molecule is CC1(C(=O)Nc2cccc3[nH]ncc23)CCCNC1. The molecule has 0 bridgehead atoms. The molecule has 1 aliphatic rings. The van der Waals surface area contributed by atoms with Gasteiger partial charge in [-0.3, -0.25) is 9.89 Å². The van der Waals surface area contributed by atoms with Gasteiger partial charge in [0.15, 0.2) is 0 Å². The van der Waals surface area contributed by atoms with Crippen LogP contribution in [0.5, 0.6) is 0 Å². The van der Waals surface area contributed by atoms with E-state index in [0.717, 1.165) is 42.5 Å². The molecule has 1 amide bonds. The van der Waals surface area contributed by atoms with Crippen LogP contribution in [0.25, 0.3) is 10.9 Å². The van der Waals surface area contributed by atoms with Crippen LogP contribution in [-0.2, 0) is 4.79 Å². The van der Waals surface area contributed by atoms with Gasteiger partial charge < -0.3 is 10.6 Å². The molecular formula is C14H18N4O. The monoisotopic (exact) mass is 258 g/mol. The predicted molar refractivity (Wildman–Crippen MR) is 74.9 cm³/mol. The first-order valence-electron chi connectivity index (χ1n) is 6.63. The van der Waals surface area contributed by atoms with Gasteiger partial charge in [0.05, 0.1) is 22.8 Å². The van der Waals surface area contributed by atoms with Crippen molar-refractivity contribution in [2.24, 2.45) is 5.41 Å². The molecule has 5 nitrogen and oxygen atoms in total. The number of hydrogen-bond donors (Lipinski definition) is 3. The largest absolute Gasteiger partial charge is 0.325 e. The number of benzene rings is 1. The number of carbonyl (C=O) groups is 1. The molecule has 1 atom stereocenters. The van der Waals surface area contributed by atoms with E-state index >= 15 is 0 Å². The molecule has 100 valence electrons. The Bertz CT molecular complexity index is 598. The average Bonchev–Trinajstić information content (AvgIpc) is 2.89. The maximum atomic E-state index is 12.5. The predicted octanol–water partition coefficient (Wildman–Crippen LogP) is 1.89. The van der Waals surface area contributed by atoms with Gasteiger partial charge in [-0.05, 0) is 38.4 Å². The first-order chi connectivity index (χ1) is 9.19. The number of aromatic nitrogens is 2. The van der Waals surface area contributed by atoms with Gasteiger partial charge in [-0.25, -0.2) is 0 Å². The summed E-state index contributed by atoms with van der Waals surface area (Å²) in [5.74, 6) is 0.0772. The second kappa shape index (κ2) is 4.66. The summed E-state index contributed by atoms with van der Waals surface area (Å²) in [7, 11) is 0. The number of anilines is 1. The van der Waals surface area contributed by atoms with E-state index in [-0.39, 0.29) is 11.3 Å². The summed E-state index contributed by atoms with van der Waals surface area (Å²) in [6, 6.07) is 5.77.